The first-order valence-electron chi connectivity index (χ1n) is 13.7. The van der Waals surface area contributed by atoms with Gasteiger partial charge in [0.2, 0.25) is 5.91 Å². The average molecular weight is 537 g/mol. The van der Waals surface area contributed by atoms with E-state index in [0.717, 1.165) is 43.9 Å². The summed E-state index contributed by atoms with van der Waals surface area (Å²) in [7, 11) is 0. The van der Waals surface area contributed by atoms with E-state index in [1.54, 1.807) is 42.7 Å². The number of amides is 2. The quantitative estimate of drug-likeness (QED) is 0.343. The predicted molar refractivity (Wildman–Crippen MR) is 154 cm³/mol. The molecular formula is C30H32N8O2. The normalized spacial score (nSPS) is 17.7. The van der Waals surface area contributed by atoms with Crippen LogP contribution in [0.5, 0.6) is 0 Å². The number of fused-ring (bicyclic) bond motifs is 1. The number of nitrogens with zero attached hydrogens (tertiary/aromatic N) is 6. The molecule has 1 unspecified atom stereocenters. The zero-order valence-corrected chi connectivity index (χ0v) is 22.2. The Labute approximate surface area is 232 Å². The number of nitrogen functional groups attached to an aromatic ring is 1. The molecule has 0 radical (unpaired) electrons. The predicted octanol–water partition coefficient (Wildman–Crippen LogP) is 3.94. The molecule has 204 valence electrons. The SMILES string of the molecule is Nc1nccn2c(C3CCCN3C(=O)/C=C/CN3CCCC3)nc(-c3ccc(C(=O)Nc4ccccn4)cc3)c12. The van der Waals surface area contributed by atoms with Crippen molar-refractivity contribution in [3.05, 3.63) is 84.6 Å². The summed E-state index contributed by atoms with van der Waals surface area (Å²) in [6.07, 6.45) is 13.0. The third kappa shape index (κ3) is 5.17. The van der Waals surface area contributed by atoms with Crippen molar-refractivity contribution in [2.75, 3.05) is 37.2 Å². The highest BCUT2D eigenvalue weighted by Crippen LogP contribution is 2.36. The summed E-state index contributed by atoms with van der Waals surface area (Å²) < 4.78 is 1.95. The molecule has 0 bridgehead atoms. The molecule has 4 aromatic rings. The number of hydrogen-bond acceptors (Lipinski definition) is 7. The average Bonchev–Trinajstić information content (AvgIpc) is 3.74. The van der Waals surface area contributed by atoms with Crippen LogP contribution in [0.3, 0.4) is 0 Å². The standard InChI is InChI=1S/C30H32N8O2/c31-28-27-26(21-10-12-22(13-11-21)30(40)34-24-8-1-2-14-32-24)35-29(38(27)20-15-33-28)23-7-5-19-37(23)25(39)9-6-18-36-16-3-4-17-36/h1-2,6,8-15,20,23H,3-5,7,16-19H2,(H2,31,33)(H,32,34,40)/b9-6+. The maximum atomic E-state index is 13.2. The number of carbonyl (C=O) groups excluding carboxylic acids is 2. The molecule has 3 aromatic heterocycles. The summed E-state index contributed by atoms with van der Waals surface area (Å²) in [5.74, 6) is 1.36. The van der Waals surface area contributed by atoms with Crippen LogP contribution in [0.1, 0.15) is 47.9 Å². The van der Waals surface area contributed by atoms with Gasteiger partial charge in [0.15, 0.2) is 0 Å². The maximum absolute atomic E-state index is 13.2. The summed E-state index contributed by atoms with van der Waals surface area (Å²) in [4.78, 5) is 43.7. The largest absolute Gasteiger partial charge is 0.382 e. The van der Waals surface area contributed by atoms with Gasteiger partial charge >= 0.3 is 0 Å². The number of nitrogens with one attached hydrogen (secondary N) is 1. The summed E-state index contributed by atoms with van der Waals surface area (Å²) in [6, 6.07) is 12.4. The monoisotopic (exact) mass is 536 g/mol. The Morgan fingerprint density at radius 1 is 1.00 bits per heavy atom. The summed E-state index contributed by atoms with van der Waals surface area (Å²) >= 11 is 0. The van der Waals surface area contributed by atoms with Crippen LogP contribution >= 0.6 is 0 Å². The van der Waals surface area contributed by atoms with Gasteiger partial charge in [0.05, 0.1) is 6.04 Å². The van der Waals surface area contributed by atoms with Gasteiger partial charge in [-0.05, 0) is 63.0 Å². The highest BCUT2D eigenvalue weighted by Gasteiger charge is 2.33. The highest BCUT2D eigenvalue weighted by molar-refractivity contribution is 6.04. The Bertz CT molecular complexity index is 1540. The second kappa shape index (κ2) is 11.3. The zero-order valence-electron chi connectivity index (χ0n) is 22.2. The highest BCUT2D eigenvalue weighted by atomic mass is 16.2. The summed E-state index contributed by atoms with van der Waals surface area (Å²) in [6.45, 7) is 3.68. The zero-order chi connectivity index (χ0) is 27.5. The van der Waals surface area contributed by atoms with Gasteiger partial charge in [-0.1, -0.05) is 24.3 Å². The van der Waals surface area contributed by atoms with Crippen LogP contribution in [0.2, 0.25) is 0 Å². The second-order valence-corrected chi connectivity index (χ2v) is 10.2. The Kier molecular flexibility index (Phi) is 7.24. The van der Waals surface area contributed by atoms with E-state index in [0.29, 0.717) is 35.0 Å². The second-order valence-electron chi connectivity index (χ2n) is 10.2. The third-order valence-corrected chi connectivity index (χ3v) is 7.59. The van der Waals surface area contributed by atoms with E-state index in [-0.39, 0.29) is 17.9 Å². The van der Waals surface area contributed by atoms with Gasteiger partial charge < -0.3 is 16.0 Å². The van der Waals surface area contributed by atoms with Crippen LogP contribution in [0.4, 0.5) is 11.6 Å². The van der Waals surface area contributed by atoms with Crippen LogP contribution in [-0.2, 0) is 4.79 Å². The van der Waals surface area contributed by atoms with Crippen LogP contribution in [0, 0.1) is 0 Å². The summed E-state index contributed by atoms with van der Waals surface area (Å²) in [5.41, 5.74) is 9.01. The van der Waals surface area contributed by atoms with Gasteiger partial charge in [0.25, 0.3) is 5.91 Å². The molecule has 0 saturated carbocycles. The number of imidazole rings is 1. The number of hydrogen-bond donors (Lipinski definition) is 2. The van der Waals surface area contributed by atoms with Crippen LogP contribution < -0.4 is 11.1 Å². The molecule has 2 aliphatic rings. The van der Waals surface area contributed by atoms with Gasteiger partial charge in [-0.3, -0.25) is 18.9 Å². The fourth-order valence-electron chi connectivity index (χ4n) is 5.59. The topological polar surface area (TPSA) is 122 Å². The Balaban J connectivity index is 1.26. The van der Waals surface area contributed by atoms with Gasteiger partial charge in [-0.2, -0.15) is 0 Å². The molecule has 0 spiro atoms. The van der Waals surface area contributed by atoms with Crippen molar-refractivity contribution in [3.63, 3.8) is 0 Å². The molecule has 3 N–H and O–H groups in total. The van der Waals surface area contributed by atoms with Crippen molar-refractivity contribution >= 4 is 29.0 Å². The number of rotatable bonds is 7. The molecule has 0 aliphatic carbocycles. The van der Waals surface area contributed by atoms with Crippen LogP contribution in [-0.4, -0.2) is 67.1 Å². The molecule has 2 saturated heterocycles. The van der Waals surface area contributed by atoms with Gasteiger partial charge in [0, 0.05) is 48.9 Å². The minimum atomic E-state index is -0.250. The van der Waals surface area contributed by atoms with E-state index in [1.165, 1.54) is 12.8 Å². The van der Waals surface area contributed by atoms with E-state index >= 15 is 0 Å². The molecule has 2 aliphatic heterocycles. The molecule has 6 rings (SSSR count). The fraction of sp³-hybridized carbons (Fsp3) is 0.300. The van der Waals surface area contributed by atoms with Crippen molar-refractivity contribution in [2.24, 2.45) is 0 Å². The van der Waals surface area contributed by atoms with Crippen molar-refractivity contribution in [1.29, 1.82) is 0 Å². The molecule has 1 atom stereocenters. The number of carbonyl (C=O) groups is 2. The molecule has 5 heterocycles. The first kappa shape index (κ1) is 25.7. The number of anilines is 2. The molecule has 1 aromatic carbocycles. The molecule has 2 fully saturated rings. The number of nitrogens with two attached hydrogens (primary N) is 1. The molecule has 10 nitrogen and oxygen atoms in total. The van der Waals surface area contributed by atoms with Crippen LogP contribution in [0.15, 0.2) is 73.2 Å². The first-order valence-corrected chi connectivity index (χ1v) is 13.7. The smallest absolute Gasteiger partial charge is 0.256 e. The number of aromatic nitrogens is 4. The van der Waals surface area contributed by atoms with Crippen LogP contribution in [0.25, 0.3) is 16.8 Å². The van der Waals surface area contributed by atoms with E-state index in [4.69, 9.17) is 10.7 Å². The van der Waals surface area contributed by atoms with E-state index in [1.807, 2.05) is 39.8 Å². The Hall–Kier alpha value is -4.57. The Morgan fingerprint density at radius 2 is 1.82 bits per heavy atom. The van der Waals surface area contributed by atoms with E-state index in [9.17, 15) is 9.59 Å². The van der Waals surface area contributed by atoms with E-state index in [2.05, 4.69) is 20.2 Å². The number of likely N-dealkylation sites (tertiary alicyclic amines) is 2. The summed E-state index contributed by atoms with van der Waals surface area (Å²) in [5, 5.41) is 2.80. The van der Waals surface area contributed by atoms with Crippen molar-refractivity contribution < 1.29 is 9.59 Å². The number of benzene rings is 1. The lowest BCUT2D eigenvalue weighted by molar-refractivity contribution is -0.127. The lowest BCUT2D eigenvalue weighted by Gasteiger charge is -2.22. The fourth-order valence-corrected chi connectivity index (χ4v) is 5.59. The van der Waals surface area contributed by atoms with Crippen molar-refractivity contribution in [3.8, 4) is 11.3 Å². The molecule has 10 heteroatoms. The first-order chi connectivity index (χ1) is 19.6. The minimum Gasteiger partial charge on any atom is -0.382 e. The lowest BCUT2D eigenvalue weighted by Crippen LogP contribution is -2.30. The van der Waals surface area contributed by atoms with Crippen molar-refractivity contribution in [2.45, 2.75) is 31.7 Å². The third-order valence-electron chi connectivity index (χ3n) is 7.59. The van der Waals surface area contributed by atoms with Gasteiger partial charge in [-0.15, -0.1) is 0 Å². The molecule has 2 amide bonds. The van der Waals surface area contributed by atoms with Crippen molar-refractivity contribution in [1.82, 2.24) is 29.2 Å². The Morgan fingerprint density at radius 3 is 2.60 bits per heavy atom. The van der Waals surface area contributed by atoms with Gasteiger partial charge in [-0.25, -0.2) is 15.0 Å². The number of pyridine rings is 1. The molecular weight excluding hydrogens is 504 g/mol. The maximum Gasteiger partial charge on any atom is 0.256 e. The minimum absolute atomic E-state index is 0.00490. The lowest BCUT2D eigenvalue weighted by atomic mass is 10.1. The van der Waals surface area contributed by atoms with E-state index < -0.39 is 0 Å². The molecule has 40 heavy (non-hydrogen) atoms. The van der Waals surface area contributed by atoms with Gasteiger partial charge in [0.1, 0.15) is 28.7 Å².